The van der Waals surface area contributed by atoms with Crippen LogP contribution in [0.25, 0.3) is 0 Å². The van der Waals surface area contributed by atoms with Crippen molar-refractivity contribution in [2.45, 2.75) is 44.3 Å². The molecule has 3 saturated heterocycles. The fraction of sp³-hybridized carbons (Fsp3) is 0.632. The summed E-state index contributed by atoms with van der Waals surface area (Å²) in [5.41, 5.74) is 0.563. The number of nitrogens with zero attached hydrogens (tertiary/aromatic N) is 3. The van der Waals surface area contributed by atoms with E-state index in [9.17, 15) is 14.0 Å². The van der Waals surface area contributed by atoms with Gasteiger partial charge in [-0.05, 0) is 43.7 Å². The molecule has 3 aliphatic heterocycles. The number of piperidine rings is 1. The molecule has 26 heavy (non-hydrogen) atoms. The summed E-state index contributed by atoms with van der Waals surface area (Å²) in [6.07, 6.45) is 4.65. The van der Waals surface area contributed by atoms with Crippen molar-refractivity contribution in [2.75, 3.05) is 26.2 Å². The molecule has 0 aliphatic carbocycles. The van der Waals surface area contributed by atoms with Crippen molar-refractivity contribution in [2.24, 2.45) is 5.92 Å². The van der Waals surface area contributed by atoms with Gasteiger partial charge < -0.3 is 14.5 Å². The second-order valence-corrected chi connectivity index (χ2v) is 7.46. The zero-order valence-corrected chi connectivity index (χ0v) is 14.8. The Bertz CT molecular complexity index is 675. The molecule has 6 nitrogen and oxygen atoms in total. The van der Waals surface area contributed by atoms with Crippen LogP contribution in [0.5, 0.6) is 0 Å². The molecule has 0 spiro atoms. The molecule has 1 aromatic heterocycles. The van der Waals surface area contributed by atoms with Gasteiger partial charge in [-0.15, -0.1) is 0 Å². The molecule has 0 bridgehead atoms. The van der Waals surface area contributed by atoms with Gasteiger partial charge in [-0.2, -0.15) is 0 Å². The molecule has 4 rings (SSSR count). The van der Waals surface area contributed by atoms with E-state index >= 15 is 0 Å². The SMILES string of the molecule is O=C(Cc1ccc(F)cn1)N1CC[C@H]2C[C@H](C(=O)N3CCCC3)O[C@@H]2C1. The smallest absolute Gasteiger partial charge is 0.251 e. The highest BCUT2D eigenvalue weighted by atomic mass is 19.1. The first kappa shape index (κ1) is 17.4. The minimum Gasteiger partial charge on any atom is -0.363 e. The van der Waals surface area contributed by atoms with Crippen LogP contribution in [0.15, 0.2) is 18.3 Å². The van der Waals surface area contributed by atoms with Gasteiger partial charge in [-0.3, -0.25) is 14.6 Å². The van der Waals surface area contributed by atoms with Crippen molar-refractivity contribution in [3.05, 3.63) is 29.8 Å². The Morgan fingerprint density at radius 2 is 2.00 bits per heavy atom. The average molecular weight is 361 g/mol. The zero-order valence-electron chi connectivity index (χ0n) is 14.8. The predicted octanol–water partition coefficient (Wildman–Crippen LogP) is 1.39. The molecule has 3 atom stereocenters. The van der Waals surface area contributed by atoms with Gasteiger partial charge in [0.05, 0.1) is 18.7 Å². The number of carbonyl (C=O) groups is 2. The third kappa shape index (κ3) is 3.58. The number of rotatable bonds is 3. The monoisotopic (exact) mass is 361 g/mol. The maximum atomic E-state index is 12.9. The molecule has 0 N–H and O–H groups in total. The zero-order chi connectivity index (χ0) is 18.1. The molecular weight excluding hydrogens is 337 g/mol. The number of hydrogen-bond donors (Lipinski definition) is 0. The Kier molecular flexibility index (Phi) is 4.89. The van der Waals surface area contributed by atoms with Crippen LogP contribution in [-0.2, 0) is 20.7 Å². The van der Waals surface area contributed by atoms with E-state index in [1.807, 2.05) is 4.90 Å². The van der Waals surface area contributed by atoms with Gasteiger partial charge in [0, 0.05) is 31.9 Å². The van der Waals surface area contributed by atoms with Crippen molar-refractivity contribution in [1.29, 1.82) is 0 Å². The van der Waals surface area contributed by atoms with Crippen LogP contribution in [-0.4, -0.2) is 65.0 Å². The highest BCUT2D eigenvalue weighted by Gasteiger charge is 2.44. The highest BCUT2D eigenvalue weighted by Crippen LogP contribution is 2.34. The third-order valence-electron chi connectivity index (χ3n) is 5.72. The van der Waals surface area contributed by atoms with Crippen LogP contribution >= 0.6 is 0 Å². The van der Waals surface area contributed by atoms with E-state index in [1.165, 1.54) is 12.1 Å². The van der Waals surface area contributed by atoms with Gasteiger partial charge in [0.2, 0.25) is 5.91 Å². The lowest BCUT2D eigenvalue weighted by Gasteiger charge is -2.34. The van der Waals surface area contributed by atoms with Gasteiger partial charge >= 0.3 is 0 Å². The molecule has 0 saturated carbocycles. The Morgan fingerprint density at radius 1 is 1.19 bits per heavy atom. The molecule has 0 aromatic carbocycles. The van der Waals surface area contributed by atoms with Crippen LogP contribution in [0, 0.1) is 11.7 Å². The number of carbonyl (C=O) groups excluding carboxylic acids is 2. The Hall–Kier alpha value is -2.02. The van der Waals surface area contributed by atoms with Gasteiger partial charge in [0.1, 0.15) is 11.9 Å². The second kappa shape index (κ2) is 7.31. The van der Waals surface area contributed by atoms with Crippen LogP contribution in [0.4, 0.5) is 4.39 Å². The largest absolute Gasteiger partial charge is 0.363 e. The molecule has 1 aromatic rings. The lowest BCUT2D eigenvalue weighted by Crippen LogP contribution is -2.46. The van der Waals surface area contributed by atoms with Gasteiger partial charge in [0.25, 0.3) is 5.91 Å². The van der Waals surface area contributed by atoms with Crippen molar-refractivity contribution in [3.63, 3.8) is 0 Å². The van der Waals surface area contributed by atoms with E-state index in [0.29, 0.717) is 24.7 Å². The summed E-state index contributed by atoms with van der Waals surface area (Å²) in [5, 5.41) is 0. The minimum atomic E-state index is -0.407. The number of fused-ring (bicyclic) bond motifs is 1. The Balaban J connectivity index is 1.33. The van der Waals surface area contributed by atoms with E-state index in [0.717, 1.165) is 45.0 Å². The summed E-state index contributed by atoms with van der Waals surface area (Å²) in [7, 11) is 0. The number of likely N-dealkylation sites (tertiary alicyclic amines) is 2. The van der Waals surface area contributed by atoms with E-state index in [2.05, 4.69) is 4.98 Å². The first-order valence-corrected chi connectivity index (χ1v) is 9.42. The fourth-order valence-corrected chi connectivity index (χ4v) is 4.23. The van der Waals surface area contributed by atoms with E-state index < -0.39 is 5.82 Å². The maximum Gasteiger partial charge on any atom is 0.251 e. The topological polar surface area (TPSA) is 62.7 Å². The van der Waals surface area contributed by atoms with Crippen LogP contribution in [0.2, 0.25) is 0 Å². The number of aromatic nitrogens is 1. The molecule has 0 unspecified atom stereocenters. The van der Waals surface area contributed by atoms with E-state index in [-0.39, 0.29) is 30.4 Å². The lowest BCUT2D eigenvalue weighted by molar-refractivity contribution is -0.144. The summed E-state index contributed by atoms with van der Waals surface area (Å²) in [6.45, 7) is 2.87. The number of pyridine rings is 1. The first-order valence-electron chi connectivity index (χ1n) is 9.42. The average Bonchev–Trinajstić information content (AvgIpc) is 3.32. The summed E-state index contributed by atoms with van der Waals surface area (Å²) >= 11 is 0. The summed E-state index contributed by atoms with van der Waals surface area (Å²) < 4.78 is 19.0. The Labute approximate surface area is 152 Å². The summed E-state index contributed by atoms with van der Waals surface area (Å²) in [5.74, 6) is 0.0281. The Morgan fingerprint density at radius 3 is 2.73 bits per heavy atom. The number of ether oxygens (including phenoxy) is 1. The quantitative estimate of drug-likeness (QED) is 0.816. The molecule has 7 heteroatoms. The maximum absolute atomic E-state index is 12.9. The second-order valence-electron chi connectivity index (χ2n) is 7.46. The van der Waals surface area contributed by atoms with E-state index in [4.69, 9.17) is 4.74 Å². The number of halogens is 1. The standard InChI is InChI=1S/C19H24FN3O3/c20-14-3-4-15(21-11-14)10-18(24)23-8-5-13-9-16(26-17(13)12-23)19(25)22-6-1-2-7-22/h3-4,11,13,16-17H,1-2,5-10,12H2/t13-,16+,17+/m0/s1. The van der Waals surface area contributed by atoms with Crippen molar-refractivity contribution >= 4 is 11.8 Å². The summed E-state index contributed by atoms with van der Waals surface area (Å²) in [6, 6.07) is 2.85. The predicted molar refractivity (Wildman–Crippen MR) is 91.7 cm³/mol. The summed E-state index contributed by atoms with van der Waals surface area (Å²) in [4.78, 5) is 32.7. The van der Waals surface area contributed by atoms with Gasteiger partial charge in [0.15, 0.2) is 0 Å². The molecule has 3 aliphatic rings. The first-order chi connectivity index (χ1) is 12.6. The highest BCUT2D eigenvalue weighted by molar-refractivity contribution is 5.81. The van der Waals surface area contributed by atoms with Crippen LogP contribution < -0.4 is 0 Å². The lowest BCUT2D eigenvalue weighted by atomic mass is 9.91. The van der Waals surface area contributed by atoms with E-state index in [1.54, 1.807) is 4.90 Å². The molecule has 4 heterocycles. The number of hydrogen-bond acceptors (Lipinski definition) is 4. The fourth-order valence-electron chi connectivity index (χ4n) is 4.23. The van der Waals surface area contributed by atoms with Crippen LogP contribution in [0.1, 0.15) is 31.4 Å². The molecule has 2 amide bonds. The van der Waals surface area contributed by atoms with Gasteiger partial charge in [-0.1, -0.05) is 0 Å². The molecule has 3 fully saturated rings. The van der Waals surface area contributed by atoms with Crippen molar-refractivity contribution in [3.8, 4) is 0 Å². The molecular formula is C19H24FN3O3. The van der Waals surface area contributed by atoms with Crippen molar-refractivity contribution in [1.82, 2.24) is 14.8 Å². The van der Waals surface area contributed by atoms with Gasteiger partial charge in [-0.25, -0.2) is 4.39 Å². The van der Waals surface area contributed by atoms with Crippen molar-refractivity contribution < 1.29 is 18.7 Å². The minimum absolute atomic E-state index is 0.0273. The molecule has 0 radical (unpaired) electrons. The normalized spacial score (nSPS) is 28.3. The number of amides is 2. The third-order valence-corrected chi connectivity index (χ3v) is 5.72. The molecule has 140 valence electrons. The van der Waals surface area contributed by atoms with Crippen LogP contribution in [0.3, 0.4) is 0 Å².